The summed E-state index contributed by atoms with van der Waals surface area (Å²) in [5, 5.41) is 2.63. The number of hydrogen-bond donors (Lipinski definition) is 1. The van der Waals surface area contributed by atoms with E-state index in [2.05, 4.69) is 20.3 Å². The molecule has 10 heteroatoms. The minimum absolute atomic E-state index is 0.0235. The lowest BCUT2D eigenvalue weighted by molar-refractivity contribution is -0.127. The number of carbonyl (C=O) groups excluding carboxylic acids is 2. The molecular formula is C21H25F2N5O3. The van der Waals surface area contributed by atoms with Gasteiger partial charge in [-0.3, -0.25) is 14.7 Å². The standard InChI is InChI=1S/C21H25F2N5O3/c1-21(2,3)31-20(30)28-7-6-16(23)18(28)19(29)25-11-15-8-17(27-12-26-15)13-4-5-14(9-22)24-10-13/h4-5,8,10,12,16,18H,6-7,9,11H2,1-3H3,(H,25,29)/t16-,18-/m0/s1. The van der Waals surface area contributed by atoms with Crippen molar-refractivity contribution in [2.24, 2.45) is 0 Å². The molecule has 166 valence electrons. The predicted octanol–water partition coefficient (Wildman–Crippen LogP) is 2.97. The van der Waals surface area contributed by atoms with Crippen LogP contribution in [-0.4, -0.2) is 56.2 Å². The zero-order valence-corrected chi connectivity index (χ0v) is 17.6. The first kappa shape index (κ1) is 22.5. The van der Waals surface area contributed by atoms with Gasteiger partial charge in [-0.25, -0.2) is 23.5 Å². The van der Waals surface area contributed by atoms with Gasteiger partial charge < -0.3 is 10.1 Å². The number of likely N-dealkylation sites (tertiary alicyclic amines) is 1. The monoisotopic (exact) mass is 433 g/mol. The largest absolute Gasteiger partial charge is 0.444 e. The van der Waals surface area contributed by atoms with Crippen molar-refractivity contribution in [3.05, 3.63) is 42.1 Å². The maximum atomic E-state index is 14.4. The van der Waals surface area contributed by atoms with Crippen LogP contribution in [0.4, 0.5) is 13.6 Å². The fraction of sp³-hybridized carbons (Fsp3) is 0.476. The molecule has 0 aromatic carbocycles. The number of nitrogens with zero attached hydrogens (tertiary/aromatic N) is 4. The van der Waals surface area contributed by atoms with E-state index in [1.54, 1.807) is 39.0 Å². The highest BCUT2D eigenvalue weighted by molar-refractivity contribution is 5.87. The number of hydrogen-bond acceptors (Lipinski definition) is 6. The molecule has 0 spiro atoms. The third-order valence-electron chi connectivity index (χ3n) is 4.65. The number of carbonyl (C=O) groups is 2. The van der Waals surface area contributed by atoms with E-state index >= 15 is 0 Å². The highest BCUT2D eigenvalue weighted by Crippen LogP contribution is 2.24. The first-order valence-electron chi connectivity index (χ1n) is 9.91. The summed E-state index contributed by atoms with van der Waals surface area (Å²) >= 11 is 0. The normalized spacial score (nSPS) is 18.7. The summed E-state index contributed by atoms with van der Waals surface area (Å²) in [5.41, 5.74) is 1.28. The van der Waals surface area contributed by atoms with E-state index < -0.39 is 36.5 Å². The number of aromatic nitrogens is 3. The number of amides is 2. The third kappa shape index (κ3) is 5.71. The van der Waals surface area contributed by atoms with E-state index in [0.29, 0.717) is 22.6 Å². The van der Waals surface area contributed by atoms with Gasteiger partial charge in [-0.1, -0.05) is 0 Å². The van der Waals surface area contributed by atoms with Crippen molar-refractivity contribution in [2.75, 3.05) is 6.54 Å². The smallest absolute Gasteiger partial charge is 0.411 e. The summed E-state index contributed by atoms with van der Waals surface area (Å²) in [4.78, 5) is 38.4. The van der Waals surface area contributed by atoms with Crippen LogP contribution >= 0.6 is 0 Å². The van der Waals surface area contributed by atoms with Gasteiger partial charge in [-0.05, 0) is 45.4 Å². The highest BCUT2D eigenvalue weighted by atomic mass is 19.1. The molecule has 2 aromatic rings. The van der Waals surface area contributed by atoms with Crippen LogP contribution in [0.5, 0.6) is 0 Å². The molecule has 0 bridgehead atoms. The molecule has 31 heavy (non-hydrogen) atoms. The highest BCUT2D eigenvalue weighted by Gasteiger charge is 2.43. The van der Waals surface area contributed by atoms with Crippen molar-refractivity contribution in [3.8, 4) is 11.3 Å². The number of halogens is 2. The van der Waals surface area contributed by atoms with Gasteiger partial charge in [0.2, 0.25) is 5.91 Å². The number of ether oxygens (including phenoxy) is 1. The average Bonchev–Trinajstić information content (AvgIpc) is 3.13. The molecule has 1 saturated heterocycles. The second kappa shape index (κ2) is 9.32. The van der Waals surface area contributed by atoms with Crippen molar-refractivity contribution >= 4 is 12.0 Å². The van der Waals surface area contributed by atoms with Gasteiger partial charge in [0.1, 0.15) is 30.8 Å². The summed E-state index contributed by atoms with van der Waals surface area (Å²) in [6.45, 7) is 4.59. The molecule has 1 aliphatic rings. The first-order valence-corrected chi connectivity index (χ1v) is 9.91. The van der Waals surface area contributed by atoms with Gasteiger partial charge in [-0.15, -0.1) is 0 Å². The molecule has 2 amide bonds. The zero-order chi connectivity index (χ0) is 22.6. The van der Waals surface area contributed by atoms with Gasteiger partial charge >= 0.3 is 6.09 Å². The Balaban J connectivity index is 1.66. The second-order valence-corrected chi connectivity index (χ2v) is 8.21. The van der Waals surface area contributed by atoms with Crippen LogP contribution in [0.3, 0.4) is 0 Å². The summed E-state index contributed by atoms with van der Waals surface area (Å²) in [6.07, 6.45) is 0.705. The third-order valence-corrected chi connectivity index (χ3v) is 4.65. The minimum atomic E-state index is -1.48. The Morgan fingerprint density at radius 3 is 2.65 bits per heavy atom. The number of pyridine rings is 1. The fourth-order valence-electron chi connectivity index (χ4n) is 3.18. The summed E-state index contributed by atoms with van der Waals surface area (Å²) < 4.78 is 32.3. The van der Waals surface area contributed by atoms with Crippen molar-refractivity contribution in [3.63, 3.8) is 0 Å². The van der Waals surface area contributed by atoms with E-state index in [0.717, 1.165) is 4.90 Å². The van der Waals surface area contributed by atoms with E-state index in [-0.39, 0.29) is 19.5 Å². The molecule has 8 nitrogen and oxygen atoms in total. The van der Waals surface area contributed by atoms with Crippen molar-refractivity contribution < 1.29 is 23.1 Å². The van der Waals surface area contributed by atoms with Crippen molar-refractivity contribution in [2.45, 2.75) is 58.2 Å². The molecule has 1 aliphatic heterocycles. The Hall–Kier alpha value is -3.17. The Morgan fingerprint density at radius 2 is 2.00 bits per heavy atom. The lowest BCUT2D eigenvalue weighted by atomic mass is 10.1. The average molecular weight is 433 g/mol. The van der Waals surface area contributed by atoms with E-state index in [1.165, 1.54) is 12.5 Å². The molecule has 1 N–H and O–H groups in total. The minimum Gasteiger partial charge on any atom is -0.444 e. The molecule has 0 aliphatic carbocycles. The molecule has 0 unspecified atom stereocenters. The summed E-state index contributed by atoms with van der Waals surface area (Å²) in [6, 6.07) is 3.65. The van der Waals surface area contributed by atoms with Crippen LogP contribution in [0.15, 0.2) is 30.7 Å². The van der Waals surface area contributed by atoms with Crippen LogP contribution in [0, 0.1) is 0 Å². The Morgan fingerprint density at radius 1 is 1.23 bits per heavy atom. The molecule has 0 saturated carbocycles. The lowest BCUT2D eigenvalue weighted by Crippen LogP contribution is -2.50. The summed E-state index contributed by atoms with van der Waals surface area (Å²) in [5.74, 6) is -0.620. The Labute approximate surface area is 179 Å². The maximum Gasteiger partial charge on any atom is 0.411 e. The molecule has 0 radical (unpaired) electrons. The van der Waals surface area contributed by atoms with Crippen LogP contribution in [0.2, 0.25) is 0 Å². The van der Waals surface area contributed by atoms with Gasteiger partial charge in [0, 0.05) is 18.3 Å². The molecule has 3 heterocycles. The summed E-state index contributed by atoms with van der Waals surface area (Å²) in [7, 11) is 0. The van der Waals surface area contributed by atoms with Gasteiger partial charge in [0.05, 0.1) is 23.6 Å². The maximum absolute atomic E-state index is 14.4. The number of nitrogens with one attached hydrogen (secondary N) is 1. The first-order chi connectivity index (χ1) is 14.7. The lowest BCUT2D eigenvalue weighted by Gasteiger charge is -2.28. The molecular weight excluding hydrogens is 408 g/mol. The predicted molar refractivity (Wildman–Crippen MR) is 108 cm³/mol. The van der Waals surface area contributed by atoms with Crippen molar-refractivity contribution in [1.82, 2.24) is 25.2 Å². The van der Waals surface area contributed by atoms with Gasteiger partial charge in [-0.2, -0.15) is 0 Å². The molecule has 3 rings (SSSR count). The quantitative estimate of drug-likeness (QED) is 0.779. The topological polar surface area (TPSA) is 97.3 Å². The molecule has 2 aromatic heterocycles. The van der Waals surface area contributed by atoms with Crippen LogP contribution < -0.4 is 5.32 Å². The van der Waals surface area contributed by atoms with Crippen molar-refractivity contribution in [1.29, 1.82) is 0 Å². The fourth-order valence-corrected chi connectivity index (χ4v) is 3.18. The van der Waals surface area contributed by atoms with E-state index in [1.807, 2.05) is 0 Å². The molecule has 1 fully saturated rings. The molecule has 2 atom stereocenters. The number of rotatable bonds is 5. The van der Waals surface area contributed by atoms with Gasteiger partial charge in [0.15, 0.2) is 0 Å². The Kier molecular flexibility index (Phi) is 6.77. The number of alkyl halides is 2. The second-order valence-electron chi connectivity index (χ2n) is 8.21. The van der Waals surface area contributed by atoms with E-state index in [4.69, 9.17) is 4.74 Å². The van der Waals surface area contributed by atoms with Crippen LogP contribution in [-0.2, 0) is 22.8 Å². The Bertz CT molecular complexity index is 933. The zero-order valence-electron chi connectivity index (χ0n) is 17.6. The van der Waals surface area contributed by atoms with E-state index in [9.17, 15) is 18.4 Å². The van der Waals surface area contributed by atoms with Crippen LogP contribution in [0.25, 0.3) is 11.3 Å². The van der Waals surface area contributed by atoms with Crippen LogP contribution in [0.1, 0.15) is 38.6 Å². The SMILES string of the molecule is CC(C)(C)OC(=O)N1CC[C@H](F)[C@H]1C(=O)NCc1cc(-c2ccc(CF)nc2)ncn1. The van der Waals surface area contributed by atoms with Gasteiger partial charge in [0.25, 0.3) is 0 Å².